The molecular formula is C11H13N3O. The van der Waals surface area contributed by atoms with E-state index in [9.17, 15) is 0 Å². The minimum Gasteiger partial charge on any atom is -0.491 e. The van der Waals surface area contributed by atoms with Crippen LogP contribution in [-0.4, -0.2) is 30.6 Å². The first-order chi connectivity index (χ1) is 7.38. The number of nitrogens with zero attached hydrogens (tertiary/aromatic N) is 1. The summed E-state index contributed by atoms with van der Waals surface area (Å²) >= 11 is 0. The fraction of sp³-hybridized carbons (Fsp3) is 0.455. The number of amidine groups is 1. The molecular weight excluding hydrogens is 190 g/mol. The Balaban J connectivity index is 1.84. The standard InChI is InChI=1S/C11H13N3O/c12-6-9-13-8-4-3-7-2-1-5-15-11(7)10(8)14-9/h1-2,5,8,10-11H,3,6,12H2,(H,13,14). The van der Waals surface area contributed by atoms with Crippen molar-refractivity contribution in [3.63, 3.8) is 0 Å². The van der Waals surface area contributed by atoms with Gasteiger partial charge in [-0.2, -0.15) is 0 Å². The SMILES string of the molecule is NCC1=NC2[C]CC3=CC=COC3C2N1. The second-order valence-electron chi connectivity index (χ2n) is 3.90. The zero-order valence-electron chi connectivity index (χ0n) is 8.31. The first-order valence-electron chi connectivity index (χ1n) is 5.16. The molecule has 2 aliphatic heterocycles. The van der Waals surface area contributed by atoms with E-state index in [-0.39, 0.29) is 18.2 Å². The van der Waals surface area contributed by atoms with Crippen molar-refractivity contribution >= 4 is 5.84 Å². The van der Waals surface area contributed by atoms with Crippen molar-refractivity contribution in [3.8, 4) is 0 Å². The van der Waals surface area contributed by atoms with E-state index in [0.717, 1.165) is 12.3 Å². The minimum atomic E-state index is 0.0917. The Morgan fingerprint density at radius 3 is 3.47 bits per heavy atom. The summed E-state index contributed by atoms with van der Waals surface area (Å²) < 4.78 is 5.62. The highest BCUT2D eigenvalue weighted by atomic mass is 16.5. The zero-order valence-corrected chi connectivity index (χ0v) is 8.31. The van der Waals surface area contributed by atoms with Gasteiger partial charge in [0.1, 0.15) is 11.9 Å². The van der Waals surface area contributed by atoms with Crippen LogP contribution >= 0.6 is 0 Å². The van der Waals surface area contributed by atoms with E-state index in [2.05, 4.69) is 22.8 Å². The lowest BCUT2D eigenvalue weighted by atomic mass is 9.84. The van der Waals surface area contributed by atoms with Crippen LogP contribution in [0.1, 0.15) is 6.42 Å². The highest BCUT2D eigenvalue weighted by Crippen LogP contribution is 2.32. The molecule has 3 rings (SSSR count). The van der Waals surface area contributed by atoms with Gasteiger partial charge in [-0.3, -0.25) is 4.99 Å². The average molecular weight is 203 g/mol. The highest BCUT2D eigenvalue weighted by molar-refractivity contribution is 5.86. The van der Waals surface area contributed by atoms with E-state index in [0.29, 0.717) is 6.54 Å². The number of ether oxygens (including phenoxy) is 1. The Labute approximate surface area is 88.9 Å². The van der Waals surface area contributed by atoms with Gasteiger partial charge in [-0.15, -0.1) is 0 Å². The summed E-state index contributed by atoms with van der Waals surface area (Å²) in [5, 5.41) is 3.30. The summed E-state index contributed by atoms with van der Waals surface area (Å²) in [7, 11) is 0. The number of fused-ring (bicyclic) bond motifs is 3. The van der Waals surface area contributed by atoms with Crippen LogP contribution < -0.4 is 11.1 Å². The smallest absolute Gasteiger partial charge is 0.141 e. The van der Waals surface area contributed by atoms with E-state index in [4.69, 9.17) is 10.5 Å². The fourth-order valence-electron chi connectivity index (χ4n) is 2.25. The molecule has 2 heterocycles. The molecule has 1 aliphatic carbocycles. The molecule has 2 radical (unpaired) electrons. The van der Waals surface area contributed by atoms with Crippen molar-refractivity contribution in [1.29, 1.82) is 0 Å². The molecule has 3 atom stereocenters. The maximum Gasteiger partial charge on any atom is 0.141 e. The van der Waals surface area contributed by atoms with Crippen molar-refractivity contribution in [3.05, 3.63) is 30.4 Å². The first kappa shape index (κ1) is 8.97. The molecule has 78 valence electrons. The molecule has 0 spiro atoms. The van der Waals surface area contributed by atoms with Crippen molar-refractivity contribution in [2.45, 2.75) is 24.6 Å². The lowest BCUT2D eigenvalue weighted by molar-refractivity contribution is 0.124. The van der Waals surface area contributed by atoms with Crippen LogP contribution in [0.3, 0.4) is 0 Å². The summed E-state index contributed by atoms with van der Waals surface area (Å²) in [6.45, 7) is 0.455. The quantitative estimate of drug-likeness (QED) is 0.631. The Hall–Kier alpha value is -1.29. The predicted octanol–water partition coefficient (Wildman–Crippen LogP) is 0.00789. The third kappa shape index (κ3) is 1.36. The average Bonchev–Trinajstić information content (AvgIpc) is 2.72. The van der Waals surface area contributed by atoms with E-state index >= 15 is 0 Å². The lowest BCUT2D eigenvalue weighted by Crippen LogP contribution is -2.50. The van der Waals surface area contributed by atoms with Crippen LogP contribution in [0.5, 0.6) is 0 Å². The van der Waals surface area contributed by atoms with Gasteiger partial charge in [0.15, 0.2) is 0 Å². The summed E-state index contributed by atoms with van der Waals surface area (Å²) in [5.41, 5.74) is 6.83. The number of allylic oxidation sites excluding steroid dienone is 2. The lowest BCUT2D eigenvalue weighted by Gasteiger charge is -2.35. The van der Waals surface area contributed by atoms with Gasteiger partial charge in [-0.05, 0) is 18.1 Å². The van der Waals surface area contributed by atoms with Gasteiger partial charge >= 0.3 is 0 Å². The molecule has 0 bridgehead atoms. The number of nitrogens with one attached hydrogen (secondary N) is 1. The third-order valence-corrected chi connectivity index (χ3v) is 2.98. The highest BCUT2D eigenvalue weighted by Gasteiger charge is 2.41. The van der Waals surface area contributed by atoms with Crippen LogP contribution in [0.25, 0.3) is 0 Å². The number of hydrogen-bond donors (Lipinski definition) is 2. The molecule has 0 saturated heterocycles. The molecule has 15 heavy (non-hydrogen) atoms. The molecule has 0 aromatic heterocycles. The van der Waals surface area contributed by atoms with Crippen molar-refractivity contribution in [2.24, 2.45) is 10.7 Å². The van der Waals surface area contributed by atoms with E-state index in [1.165, 1.54) is 5.57 Å². The van der Waals surface area contributed by atoms with Gasteiger partial charge in [-0.25, -0.2) is 0 Å². The summed E-state index contributed by atoms with van der Waals surface area (Å²) in [4.78, 5) is 4.46. The number of nitrogens with two attached hydrogens (primary N) is 1. The molecule has 3 aliphatic rings. The Kier molecular flexibility index (Phi) is 2.02. The van der Waals surface area contributed by atoms with Gasteiger partial charge in [-0.1, -0.05) is 6.08 Å². The van der Waals surface area contributed by atoms with Crippen LogP contribution in [0.4, 0.5) is 0 Å². The summed E-state index contributed by atoms with van der Waals surface area (Å²) in [5.74, 6) is 0.858. The topological polar surface area (TPSA) is 59.6 Å². The summed E-state index contributed by atoms with van der Waals surface area (Å²) in [6, 6.07) is 0.269. The number of hydrogen-bond acceptors (Lipinski definition) is 4. The normalized spacial score (nSPS) is 37.0. The third-order valence-electron chi connectivity index (χ3n) is 2.98. The zero-order chi connectivity index (χ0) is 10.3. The second-order valence-corrected chi connectivity index (χ2v) is 3.90. The van der Waals surface area contributed by atoms with Crippen LogP contribution in [-0.2, 0) is 4.74 Å². The first-order valence-corrected chi connectivity index (χ1v) is 5.16. The van der Waals surface area contributed by atoms with Gasteiger partial charge in [0.05, 0.1) is 24.9 Å². The van der Waals surface area contributed by atoms with Crippen LogP contribution in [0.2, 0.25) is 0 Å². The van der Waals surface area contributed by atoms with E-state index in [1.54, 1.807) is 6.26 Å². The van der Waals surface area contributed by atoms with Crippen molar-refractivity contribution < 1.29 is 4.74 Å². The van der Waals surface area contributed by atoms with E-state index in [1.807, 2.05) is 6.08 Å². The second kappa shape index (κ2) is 3.38. The summed E-state index contributed by atoms with van der Waals surface area (Å²) in [6.07, 6.45) is 10.0. The molecule has 4 heteroatoms. The molecule has 3 unspecified atom stereocenters. The Morgan fingerprint density at radius 1 is 1.67 bits per heavy atom. The van der Waals surface area contributed by atoms with E-state index < -0.39 is 0 Å². The van der Waals surface area contributed by atoms with Gasteiger partial charge in [0, 0.05) is 6.42 Å². The minimum absolute atomic E-state index is 0.0917. The molecule has 0 aromatic rings. The molecule has 1 saturated carbocycles. The monoisotopic (exact) mass is 203 g/mol. The van der Waals surface area contributed by atoms with Gasteiger partial charge in [0.2, 0.25) is 0 Å². The van der Waals surface area contributed by atoms with Gasteiger partial charge < -0.3 is 15.8 Å². The number of rotatable bonds is 1. The van der Waals surface area contributed by atoms with Crippen LogP contribution in [0.15, 0.2) is 29.0 Å². The van der Waals surface area contributed by atoms with Gasteiger partial charge in [0.25, 0.3) is 0 Å². The number of aliphatic imine (C=N–C) groups is 1. The maximum absolute atomic E-state index is 5.62. The fourth-order valence-corrected chi connectivity index (χ4v) is 2.25. The predicted molar refractivity (Wildman–Crippen MR) is 57.2 cm³/mol. The van der Waals surface area contributed by atoms with Crippen LogP contribution in [0, 0.1) is 6.42 Å². The Morgan fingerprint density at radius 2 is 2.60 bits per heavy atom. The van der Waals surface area contributed by atoms with Crippen molar-refractivity contribution in [1.82, 2.24) is 5.32 Å². The molecule has 4 nitrogen and oxygen atoms in total. The largest absolute Gasteiger partial charge is 0.491 e. The molecule has 3 N–H and O–H groups in total. The van der Waals surface area contributed by atoms with Crippen molar-refractivity contribution in [2.75, 3.05) is 6.54 Å². The molecule has 0 amide bonds. The molecule has 1 fully saturated rings. The maximum atomic E-state index is 5.62. The molecule has 0 aromatic carbocycles. The Bertz CT molecular complexity index is 359.